The molecule has 0 aromatic heterocycles. The van der Waals surface area contributed by atoms with Crippen LogP contribution >= 0.6 is 0 Å². The maximum Gasteiger partial charge on any atom is 0.162 e. The summed E-state index contributed by atoms with van der Waals surface area (Å²) in [6.07, 6.45) is 2.60. The fourth-order valence-electron chi connectivity index (χ4n) is 3.24. The Labute approximate surface area is 114 Å². The lowest BCUT2D eigenvalue weighted by atomic mass is 9.72. The van der Waals surface area contributed by atoms with E-state index < -0.39 is 0 Å². The second-order valence-electron chi connectivity index (χ2n) is 5.65. The Morgan fingerprint density at radius 1 is 1.05 bits per heavy atom. The molecule has 1 spiro atoms. The van der Waals surface area contributed by atoms with Gasteiger partial charge in [-0.3, -0.25) is 0 Å². The summed E-state index contributed by atoms with van der Waals surface area (Å²) in [7, 11) is 3.36. The molecule has 2 aliphatic rings. The average molecular weight is 262 g/mol. The van der Waals surface area contributed by atoms with E-state index in [2.05, 4.69) is 22.3 Å². The number of ether oxygens (including phenoxy) is 2. The van der Waals surface area contributed by atoms with Crippen molar-refractivity contribution < 1.29 is 9.47 Å². The van der Waals surface area contributed by atoms with E-state index >= 15 is 0 Å². The van der Waals surface area contributed by atoms with E-state index in [4.69, 9.17) is 9.47 Å². The molecule has 2 heterocycles. The van der Waals surface area contributed by atoms with Crippen LogP contribution in [0.2, 0.25) is 0 Å². The number of anilines is 1. The summed E-state index contributed by atoms with van der Waals surface area (Å²) in [5.41, 5.74) is 1.79. The lowest BCUT2D eigenvalue weighted by Gasteiger charge is -2.53. The molecule has 0 bridgehead atoms. The SMILES string of the molecule is COc1ccc(N2CC3(CCNCC3)C2)cc1OC. The molecular weight excluding hydrogens is 240 g/mol. The minimum atomic E-state index is 0.554. The van der Waals surface area contributed by atoms with E-state index in [9.17, 15) is 0 Å². The van der Waals surface area contributed by atoms with Crippen molar-refractivity contribution in [3.63, 3.8) is 0 Å². The van der Waals surface area contributed by atoms with Crippen molar-refractivity contribution in [2.24, 2.45) is 5.41 Å². The molecule has 1 aromatic carbocycles. The highest BCUT2D eigenvalue weighted by Gasteiger charge is 2.43. The van der Waals surface area contributed by atoms with Crippen LogP contribution in [0.5, 0.6) is 11.5 Å². The van der Waals surface area contributed by atoms with Crippen LogP contribution in [0.3, 0.4) is 0 Å². The first kappa shape index (κ1) is 12.6. The zero-order chi connectivity index (χ0) is 13.3. The minimum absolute atomic E-state index is 0.554. The van der Waals surface area contributed by atoms with Crippen LogP contribution in [-0.4, -0.2) is 40.4 Å². The lowest BCUT2D eigenvalue weighted by molar-refractivity contribution is 0.150. The number of methoxy groups -OCH3 is 2. The van der Waals surface area contributed by atoms with Crippen LogP contribution in [0.1, 0.15) is 12.8 Å². The van der Waals surface area contributed by atoms with E-state index in [0.29, 0.717) is 5.41 Å². The zero-order valence-electron chi connectivity index (χ0n) is 11.7. The van der Waals surface area contributed by atoms with Crippen molar-refractivity contribution in [1.82, 2.24) is 5.32 Å². The standard InChI is InChI=1S/C15H22N2O2/c1-18-13-4-3-12(9-14(13)19-2)17-10-15(11-17)5-7-16-8-6-15/h3-4,9,16H,5-8,10-11H2,1-2H3. The Morgan fingerprint density at radius 3 is 2.37 bits per heavy atom. The van der Waals surface area contributed by atoms with Gasteiger partial charge in [-0.25, -0.2) is 0 Å². The molecular formula is C15H22N2O2. The number of hydrogen-bond donors (Lipinski definition) is 1. The van der Waals surface area contributed by atoms with E-state index in [-0.39, 0.29) is 0 Å². The number of nitrogens with zero attached hydrogens (tertiary/aromatic N) is 1. The number of piperidine rings is 1. The Bertz CT molecular complexity index is 447. The van der Waals surface area contributed by atoms with E-state index in [1.807, 2.05) is 6.07 Å². The molecule has 1 aromatic rings. The Hall–Kier alpha value is -1.42. The highest BCUT2D eigenvalue weighted by atomic mass is 16.5. The summed E-state index contributed by atoms with van der Waals surface area (Å²) >= 11 is 0. The first-order chi connectivity index (χ1) is 9.26. The van der Waals surface area contributed by atoms with Crippen molar-refractivity contribution in [3.8, 4) is 11.5 Å². The van der Waals surface area contributed by atoms with Gasteiger partial charge in [0, 0.05) is 30.3 Å². The number of benzene rings is 1. The zero-order valence-corrected chi connectivity index (χ0v) is 11.7. The number of rotatable bonds is 3. The van der Waals surface area contributed by atoms with Gasteiger partial charge in [-0.05, 0) is 38.1 Å². The smallest absolute Gasteiger partial charge is 0.162 e. The van der Waals surface area contributed by atoms with Gasteiger partial charge in [-0.1, -0.05) is 0 Å². The molecule has 4 nitrogen and oxygen atoms in total. The van der Waals surface area contributed by atoms with Gasteiger partial charge in [0.15, 0.2) is 11.5 Å². The van der Waals surface area contributed by atoms with Gasteiger partial charge in [0.1, 0.15) is 0 Å². The largest absolute Gasteiger partial charge is 0.493 e. The van der Waals surface area contributed by atoms with Crippen LogP contribution in [0.25, 0.3) is 0 Å². The van der Waals surface area contributed by atoms with Gasteiger partial charge in [-0.15, -0.1) is 0 Å². The maximum absolute atomic E-state index is 5.37. The highest BCUT2D eigenvalue weighted by Crippen LogP contribution is 2.42. The third-order valence-electron chi connectivity index (χ3n) is 4.45. The molecule has 4 heteroatoms. The first-order valence-electron chi connectivity index (χ1n) is 6.94. The Balaban J connectivity index is 1.71. The molecule has 2 saturated heterocycles. The summed E-state index contributed by atoms with van der Waals surface area (Å²) < 4.78 is 10.7. The Morgan fingerprint density at radius 2 is 1.74 bits per heavy atom. The van der Waals surface area contributed by atoms with Crippen LogP contribution in [-0.2, 0) is 0 Å². The van der Waals surface area contributed by atoms with Crippen molar-refractivity contribution in [3.05, 3.63) is 18.2 Å². The molecule has 3 rings (SSSR count). The quantitative estimate of drug-likeness (QED) is 0.902. The van der Waals surface area contributed by atoms with Crippen molar-refractivity contribution >= 4 is 5.69 Å². The average Bonchev–Trinajstić information content (AvgIpc) is 2.44. The molecule has 0 amide bonds. The summed E-state index contributed by atoms with van der Waals surface area (Å²) in [6.45, 7) is 4.67. The van der Waals surface area contributed by atoms with Crippen molar-refractivity contribution in [2.75, 3.05) is 45.3 Å². The maximum atomic E-state index is 5.37. The Kier molecular flexibility index (Phi) is 3.27. The van der Waals surface area contributed by atoms with Crippen LogP contribution in [0, 0.1) is 5.41 Å². The molecule has 19 heavy (non-hydrogen) atoms. The molecule has 1 N–H and O–H groups in total. The van der Waals surface area contributed by atoms with E-state index in [0.717, 1.165) is 11.5 Å². The van der Waals surface area contributed by atoms with Crippen LogP contribution < -0.4 is 19.7 Å². The normalized spacial score (nSPS) is 21.1. The predicted octanol–water partition coefficient (Wildman–Crippen LogP) is 1.89. The summed E-state index contributed by atoms with van der Waals surface area (Å²) in [4.78, 5) is 2.44. The van der Waals surface area contributed by atoms with Gasteiger partial charge in [0.05, 0.1) is 14.2 Å². The second kappa shape index (κ2) is 4.93. The van der Waals surface area contributed by atoms with Gasteiger partial charge in [0.25, 0.3) is 0 Å². The topological polar surface area (TPSA) is 33.7 Å². The predicted molar refractivity (Wildman–Crippen MR) is 76.3 cm³/mol. The van der Waals surface area contributed by atoms with Crippen molar-refractivity contribution in [1.29, 1.82) is 0 Å². The third kappa shape index (κ3) is 2.25. The first-order valence-corrected chi connectivity index (χ1v) is 6.94. The minimum Gasteiger partial charge on any atom is -0.493 e. The van der Waals surface area contributed by atoms with E-state index in [1.54, 1.807) is 14.2 Å². The molecule has 0 saturated carbocycles. The van der Waals surface area contributed by atoms with Gasteiger partial charge in [0.2, 0.25) is 0 Å². The van der Waals surface area contributed by atoms with Gasteiger partial charge in [-0.2, -0.15) is 0 Å². The molecule has 2 aliphatic heterocycles. The molecule has 0 aliphatic carbocycles. The number of nitrogens with one attached hydrogen (secondary N) is 1. The molecule has 0 unspecified atom stereocenters. The fourth-order valence-corrected chi connectivity index (χ4v) is 3.24. The molecule has 0 atom stereocenters. The van der Waals surface area contributed by atoms with Crippen molar-refractivity contribution in [2.45, 2.75) is 12.8 Å². The van der Waals surface area contributed by atoms with Gasteiger partial charge >= 0.3 is 0 Å². The number of hydrogen-bond acceptors (Lipinski definition) is 4. The monoisotopic (exact) mass is 262 g/mol. The summed E-state index contributed by atoms with van der Waals surface area (Å²) in [5, 5.41) is 3.44. The molecule has 104 valence electrons. The van der Waals surface area contributed by atoms with Crippen LogP contribution in [0.4, 0.5) is 5.69 Å². The lowest BCUT2D eigenvalue weighted by Crippen LogP contribution is -2.60. The summed E-state index contributed by atoms with van der Waals surface area (Å²) in [6, 6.07) is 6.18. The summed E-state index contributed by atoms with van der Waals surface area (Å²) in [5.74, 6) is 1.61. The third-order valence-corrected chi connectivity index (χ3v) is 4.45. The van der Waals surface area contributed by atoms with Gasteiger partial charge < -0.3 is 19.7 Å². The second-order valence-corrected chi connectivity index (χ2v) is 5.65. The van der Waals surface area contributed by atoms with E-state index in [1.165, 1.54) is 44.7 Å². The van der Waals surface area contributed by atoms with Crippen LogP contribution in [0.15, 0.2) is 18.2 Å². The highest BCUT2D eigenvalue weighted by molar-refractivity contribution is 5.58. The molecule has 2 fully saturated rings. The fraction of sp³-hybridized carbons (Fsp3) is 0.600. The molecule has 0 radical (unpaired) electrons.